The highest BCUT2D eigenvalue weighted by molar-refractivity contribution is 9.10. The number of nitrogens with zero attached hydrogens (tertiary/aromatic N) is 2. The van der Waals surface area contributed by atoms with E-state index in [4.69, 9.17) is 4.98 Å². The number of aryl methyl sites for hydroxylation is 1. The van der Waals surface area contributed by atoms with Crippen molar-refractivity contribution in [1.29, 1.82) is 0 Å². The van der Waals surface area contributed by atoms with Gasteiger partial charge in [-0.2, -0.15) is 0 Å². The lowest BCUT2D eigenvalue weighted by Gasteiger charge is -2.11. The Hall–Kier alpha value is -2.13. The van der Waals surface area contributed by atoms with Crippen LogP contribution in [0.15, 0.2) is 65.1 Å². The molecule has 24 heavy (non-hydrogen) atoms. The summed E-state index contributed by atoms with van der Waals surface area (Å²) in [4.78, 5) is 5.00. The van der Waals surface area contributed by atoms with Gasteiger partial charge >= 0.3 is 0 Å². The Bertz CT molecular complexity index is 1010. The molecule has 120 valence electrons. The van der Waals surface area contributed by atoms with Crippen LogP contribution in [0.5, 0.6) is 0 Å². The molecule has 0 aliphatic carbocycles. The Morgan fingerprint density at radius 1 is 0.958 bits per heavy atom. The molecular weight excluding hydrogens is 360 g/mol. The van der Waals surface area contributed by atoms with E-state index in [2.05, 4.69) is 88.1 Å². The maximum absolute atomic E-state index is 5.00. The molecule has 0 saturated heterocycles. The monoisotopic (exact) mass is 378 g/mol. The second-order valence-electron chi connectivity index (χ2n) is 6.07. The molecule has 0 aliphatic heterocycles. The fourth-order valence-corrected chi connectivity index (χ4v) is 3.73. The molecule has 0 atom stereocenters. The first-order valence-electron chi connectivity index (χ1n) is 8.42. The van der Waals surface area contributed by atoms with E-state index in [1.165, 1.54) is 28.3 Å². The summed E-state index contributed by atoms with van der Waals surface area (Å²) >= 11 is 3.66. The van der Waals surface area contributed by atoms with Gasteiger partial charge < -0.3 is 4.57 Å². The van der Waals surface area contributed by atoms with Crippen molar-refractivity contribution in [2.45, 2.75) is 26.3 Å². The van der Waals surface area contributed by atoms with Crippen molar-refractivity contribution in [3.8, 4) is 11.4 Å². The number of hydrogen-bond acceptors (Lipinski definition) is 1. The highest BCUT2D eigenvalue weighted by atomic mass is 79.9. The number of unbranched alkanes of at least 4 members (excludes halogenated alkanes) is 1. The van der Waals surface area contributed by atoms with E-state index >= 15 is 0 Å². The molecule has 3 aromatic carbocycles. The summed E-state index contributed by atoms with van der Waals surface area (Å²) < 4.78 is 3.42. The second kappa shape index (κ2) is 6.40. The molecule has 3 heteroatoms. The zero-order chi connectivity index (χ0) is 16.5. The zero-order valence-corrected chi connectivity index (χ0v) is 15.3. The van der Waals surface area contributed by atoms with Crippen molar-refractivity contribution in [3.63, 3.8) is 0 Å². The normalized spacial score (nSPS) is 11.4. The number of imidazole rings is 1. The van der Waals surface area contributed by atoms with Crippen molar-refractivity contribution in [2.24, 2.45) is 0 Å². The Balaban J connectivity index is 2.03. The molecule has 2 nitrogen and oxygen atoms in total. The summed E-state index contributed by atoms with van der Waals surface area (Å²) in [6.07, 6.45) is 2.32. The molecule has 4 rings (SSSR count). The third-order valence-corrected chi connectivity index (χ3v) is 5.14. The minimum Gasteiger partial charge on any atom is -0.324 e. The number of halogens is 1. The molecule has 0 fully saturated rings. The molecule has 0 unspecified atom stereocenters. The fourth-order valence-electron chi connectivity index (χ4n) is 3.28. The quantitative estimate of drug-likeness (QED) is 0.400. The molecule has 0 aliphatic rings. The Morgan fingerprint density at radius 3 is 2.62 bits per heavy atom. The van der Waals surface area contributed by atoms with Gasteiger partial charge in [0.1, 0.15) is 11.3 Å². The van der Waals surface area contributed by atoms with Crippen LogP contribution in [0.2, 0.25) is 0 Å². The molecule has 0 spiro atoms. The number of hydrogen-bond donors (Lipinski definition) is 0. The second-order valence-corrected chi connectivity index (χ2v) is 6.93. The van der Waals surface area contributed by atoms with Gasteiger partial charge in [-0.3, -0.25) is 0 Å². The SMILES string of the molecule is CCCCn1c(-c2cccc3ccccc23)nc2c(Br)cccc21. The van der Waals surface area contributed by atoms with Crippen LogP contribution in [0, 0.1) is 0 Å². The molecule has 1 heterocycles. The minimum atomic E-state index is 0.988. The molecule has 0 amide bonds. The van der Waals surface area contributed by atoms with Crippen molar-refractivity contribution in [3.05, 3.63) is 65.1 Å². The van der Waals surface area contributed by atoms with Crippen LogP contribution in [-0.4, -0.2) is 9.55 Å². The van der Waals surface area contributed by atoms with Crippen LogP contribution in [0.3, 0.4) is 0 Å². The maximum Gasteiger partial charge on any atom is 0.141 e. The van der Waals surface area contributed by atoms with Gasteiger partial charge in [0.25, 0.3) is 0 Å². The number of aromatic nitrogens is 2. The number of para-hydroxylation sites is 1. The molecule has 4 aromatic rings. The van der Waals surface area contributed by atoms with Gasteiger partial charge in [-0.15, -0.1) is 0 Å². The van der Waals surface area contributed by atoms with Gasteiger partial charge in [-0.05, 0) is 45.3 Å². The van der Waals surface area contributed by atoms with E-state index in [9.17, 15) is 0 Å². The smallest absolute Gasteiger partial charge is 0.141 e. The summed E-state index contributed by atoms with van der Waals surface area (Å²) in [6.45, 7) is 3.22. The van der Waals surface area contributed by atoms with Crippen LogP contribution < -0.4 is 0 Å². The van der Waals surface area contributed by atoms with Crippen molar-refractivity contribution in [2.75, 3.05) is 0 Å². The molecule has 0 radical (unpaired) electrons. The highest BCUT2D eigenvalue weighted by Gasteiger charge is 2.15. The first kappa shape index (κ1) is 15.4. The third-order valence-electron chi connectivity index (χ3n) is 4.50. The molecular formula is C21H19BrN2. The summed E-state index contributed by atoms with van der Waals surface area (Å²) in [5.41, 5.74) is 3.43. The minimum absolute atomic E-state index is 0.988. The lowest BCUT2D eigenvalue weighted by Crippen LogP contribution is -2.01. The van der Waals surface area contributed by atoms with E-state index in [0.29, 0.717) is 0 Å². The summed E-state index contributed by atoms with van der Waals surface area (Å²) in [6, 6.07) is 21.3. The number of benzene rings is 3. The Morgan fingerprint density at radius 2 is 1.75 bits per heavy atom. The first-order valence-corrected chi connectivity index (χ1v) is 9.22. The molecule has 0 N–H and O–H groups in total. The van der Waals surface area contributed by atoms with Crippen LogP contribution >= 0.6 is 15.9 Å². The Kier molecular flexibility index (Phi) is 4.11. The first-order chi connectivity index (χ1) is 11.8. The summed E-state index contributed by atoms with van der Waals surface area (Å²) in [5.74, 6) is 1.06. The van der Waals surface area contributed by atoms with E-state index in [-0.39, 0.29) is 0 Å². The summed E-state index contributed by atoms with van der Waals surface area (Å²) in [7, 11) is 0. The van der Waals surface area contributed by atoms with E-state index < -0.39 is 0 Å². The van der Waals surface area contributed by atoms with Gasteiger partial charge in [-0.25, -0.2) is 4.98 Å². The van der Waals surface area contributed by atoms with Gasteiger partial charge in [0.05, 0.1) is 5.52 Å². The van der Waals surface area contributed by atoms with Crippen LogP contribution in [0.25, 0.3) is 33.2 Å². The molecule has 1 aromatic heterocycles. The van der Waals surface area contributed by atoms with Crippen LogP contribution in [0.1, 0.15) is 19.8 Å². The van der Waals surface area contributed by atoms with Gasteiger partial charge in [0.2, 0.25) is 0 Å². The van der Waals surface area contributed by atoms with Gasteiger partial charge in [0, 0.05) is 16.6 Å². The van der Waals surface area contributed by atoms with E-state index in [1.54, 1.807) is 0 Å². The predicted molar refractivity (Wildman–Crippen MR) is 105 cm³/mol. The number of rotatable bonds is 4. The number of fused-ring (bicyclic) bond motifs is 2. The van der Waals surface area contributed by atoms with Crippen molar-refractivity contribution < 1.29 is 0 Å². The van der Waals surface area contributed by atoms with Crippen LogP contribution in [-0.2, 0) is 6.54 Å². The van der Waals surface area contributed by atoms with Gasteiger partial charge in [-0.1, -0.05) is 61.9 Å². The van der Waals surface area contributed by atoms with Crippen molar-refractivity contribution >= 4 is 37.7 Å². The average molecular weight is 379 g/mol. The zero-order valence-electron chi connectivity index (χ0n) is 13.7. The Labute approximate surface area is 150 Å². The van der Waals surface area contributed by atoms with E-state index in [0.717, 1.165) is 28.8 Å². The summed E-state index contributed by atoms with van der Waals surface area (Å²) in [5, 5.41) is 2.51. The third kappa shape index (κ3) is 2.53. The van der Waals surface area contributed by atoms with E-state index in [1.807, 2.05) is 0 Å². The largest absolute Gasteiger partial charge is 0.324 e. The maximum atomic E-state index is 5.00. The predicted octanol–water partition coefficient (Wildman–Crippen LogP) is 6.42. The van der Waals surface area contributed by atoms with Crippen molar-refractivity contribution in [1.82, 2.24) is 9.55 Å². The molecule has 0 bridgehead atoms. The van der Waals surface area contributed by atoms with Crippen LogP contribution in [0.4, 0.5) is 0 Å². The lowest BCUT2D eigenvalue weighted by atomic mass is 10.0. The topological polar surface area (TPSA) is 17.8 Å². The molecule has 0 saturated carbocycles. The van der Waals surface area contributed by atoms with Gasteiger partial charge in [0.15, 0.2) is 0 Å². The average Bonchev–Trinajstić information content (AvgIpc) is 2.99. The fraction of sp³-hybridized carbons (Fsp3) is 0.190. The highest BCUT2D eigenvalue weighted by Crippen LogP contribution is 2.33. The standard InChI is InChI=1S/C21H19BrN2/c1-2-3-14-24-19-13-7-12-18(22)20(19)23-21(24)17-11-6-9-15-8-4-5-10-16(15)17/h4-13H,2-3,14H2,1H3. The lowest BCUT2D eigenvalue weighted by molar-refractivity contribution is 0.651.